The Morgan fingerprint density at radius 2 is 2.57 bits per heavy atom. The molecule has 1 unspecified atom stereocenters. The summed E-state index contributed by atoms with van der Waals surface area (Å²) in [6.45, 7) is 2.58. The summed E-state index contributed by atoms with van der Waals surface area (Å²) in [5.74, 6) is 0. The molecular weight excluding hydrogens is 180 g/mol. The second-order valence-electron chi connectivity index (χ2n) is 2.97. The van der Waals surface area contributed by atoms with Gasteiger partial charge in [-0.3, -0.25) is 4.98 Å². The van der Waals surface area contributed by atoms with Crippen molar-refractivity contribution in [3.8, 4) is 0 Å². The van der Waals surface area contributed by atoms with Gasteiger partial charge in [-0.25, -0.2) is 0 Å². The first kappa shape index (κ1) is 9.15. The molecule has 0 fully saturated rings. The van der Waals surface area contributed by atoms with E-state index in [-0.39, 0.29) is 6.29 Å². The highest BCUT2D eigenvalue weighted by Crippen LogP contribution is 2.16. The molecule has 0 saturated carbocycles. The number of aromatic nitrogens is 1. The normalized spacial score (nSPS) is 20.4. The van der Waals surface area contributed by atoms with Gasteiger partial charge in [0.1, 0.15) is 0 Å². The molecule has 1 aromatic heterocycles. The number of hydrogen-bond acceptors (Lipinski definition) is 4. The fraction of sp³-hybridized carbons (Fsp3) is 0.400. The largest absolute Gasteiger partial charge is 0.363 e. The maximum atomic E-state index is 5.30. The summed E-state index contributed by atoms with van der Waals surface area (Å²) in [5, 5.41) is 3.96. The predicted molar refractivity (Wildman–Crippen MR) is 51.9 cm³/mol. The maximum absolute atomic E-state index is 5.30. The van der Waals surface area contributed by atoms with Gasteiger partial charge < -0.3 is 9.57 Å². The molecule has 0 radical (unpaired) electrons. The van der Waals surface area contributed by atoms with Gasteiger partial charge in [0, 0.05) is 24.6 Å². The molecule has 1 aliphatic heterocycles. The van der Waals surface area contributed by atoms with Crippen molar-refractivity contribution in [3.05, 3.63) is 30.1 Å². The van der Waals surface area contributed by atoms with E-state index in [1.165, 1.54) is 0 Å². The molecule has 0 saturated heterocycles. The molecule has 0 N–H and O–H groups in total. The maximum Gasteiger partial charge on any atom is 0.232 e. The van der Waals surface area contributed by atoms with Crippen molar-refractivity contribution < 1.29 is 9.57 Å². The monoisotopic (exact) mass is 192 g/mol. The lowest BCUT2D eigenvalue weighted by atomic mass is 10.1. The summed E-state index contributed by atoms with van der Waals surface area (Å²) in [7, 11) is 0. The first-order valence-corrected chi connectivity index (χ1v) is 4.65. The van der Waals surface area contributed by atoms with Crippen molar-refractivity contribution in [3.63, 3.8) is 0 Å². The van der Waals surface area contributed by atoms with Crippen LogP contribution in [-0.2, 0) is 9.57 Å². The van der Waals surface area contributed by atoms with Crippen molar-refractivity contribution >= 4 is 5.71 Å². The van der Waals surface area contributed by atoms with E-state index in [9.17, 15) is 0 Å². The fourth-order valence-corrected chi connectivity index (χ4v) is 1.33. The zero-order valence-electron chi connectivity index (χ0n) is 8.01. The minimum atomic E-state index is -0.227. The topological polar surface area (TPSA) is 43.7 Å². The first-order valence-electron chi connectivity index (χ1n) is 4.65. The van der Waals surface area contributed by atoms with Gasteiger partial charge in [-0.15, -0.1) is 0 Å². The Labute approximate surface area is 82.5 Å². The van der Waals surface area contributed by atoms with E-state index in [1.807, 2.05) is 19.1 Å². The molecule has 1 aliphatic rings. The van der Waals surface area contributed by atoms with Crippen LogP contribution in [0.4, 0.5) is 0 Å². The van der Waals surface area contributed by atoms with Crippen LogP contribution in [0.5, 0.6) is 0 Å². The third-order valence-electron chi connectivity index (χ3n) is 1.99. The lowest BCUT2D eigenvalue weighted by Gasteiger charge is -2.06. The Morgan fingerprint density at radius 1 is 1.64 bits per heavy atom. The van der Waals surface area contributed by atoms with Crippen molar-refractivity contribution in [1.29, 1.82) is 0 Å². The Balaban J connectivity index is 2.02. The Morgan fingerprint density at radius 3 is 3.29 bits per heavy atom. The van der Waals surface area contributed by atoms with E-state index in [4.69, 9.17) is 9.57 Å². The van der Waals surface area contributed by atoms with Gasteiger partial charge in [-0.05, 0) is 19.1 Å². The summed E-state index contributed by atoms with van der Waals surface area (Å²) in [4.78, 5) is 9.12. The predicted octanol–water partition coefficient (Wildman–Crippen LogP) is 1.57. The van der Waals surface area contributed by atoms with E-state index in [0.29, 0.717) is 13.0 Å². The van der Waals surface area contributed by atoms with Crippen molar-refractivity contribution in [2.24, 2.45) is 5.16 Å². The lowest BCUT2D eigenvalue weighted by Crippen LogP contribution is -2.12. The van der Waals surface area contributed by atoms with Crippen molar-refractivity contribution in [1.82, 2.24) is 4.98 Å². The van der Waals surface area contributed by atoms with E-state index in [2.05, 4.69) is 10.1 Å². The van der Waals surface area contributed by atoms with Crippen LogP contribution in [0.3, 0.4) is 0 Å². The average Bonchev–Trinajstić information content (AvgIpc) is 2.68. The first-order chi connectivity index (χ1) is 6.90. The summed E-state index contributed by atoms with van der Waals surface area (Å²) in [5.41, 5.74) is 1.89. The minimum absolute atomic E-state index is 0.227. The third-order valence-corrected chi connectivity index (χ3v) is 1.99. The molecule has 14 heavy (non-hydrogen) atoms. The molecule has 0 aliphatic carbocycles. The van der Waals surface area contributed by atoms with Gasteiger partial charge in [0.05, 0.1) is 12.1 Å². The highest BCUT2D eigenvalue weighted by molar-refractivity contribution is 6.00. The zero-order chi connectivity index (χ0) is 9.80. The number of nitrogens with zero attached hydrogens (tertiary/aromatic N) is 2. The molecular formula is C10H12N2O2. The van der Waals surface area contributed by atoms with Crippen LogP contribution >= 0.6 is 0 Å². The highest BCUT2D eigenvalue weighted by Gasteiger charge is 2.21. The number of rotatable bonds is 3. The standard InChI is InChI=1S/C10H12N2O2/c1-2-13-10-6-9(12-14-10)8-4-3-5-11-7-8/h3-5,7,10H,2,6H2,1H3. The molecule has 1 atom stereocenters. The van der Waals surface area contributed by atoms with Gasteiger partial charge in [0.25, 0.3) is 0 Å². The number of oxime groups is 1. The van der Waals surface area contributed by atoms with Crippen LogP contribution in [0.1, 0.15) is 18.9 Å². The quantitative estimate of drug-likeness (QED) is 0.730. The molecule has 2 rings (SSSR count). The van der Waals surface area contributed by atoms with Crippen molar-refractivity contribution in [2.45, 2.75) is 19.6 Å². The van der Waals surface area contributed by atoms with Gasteiger partial charge >= 0.3 is 0 Å². The molecule has 1 aromatic rings. The van der Waals surface area contributed by atoms with Crippen LogP contribution in [0.2, 0.25) is 0 Å². The Bertz CT molecular complexity index is 324. The molecule has 4 nitrogen and oxygen atoms in total. The van der Waals surface area contributed by atoms with Crippen LogP contribution in [0.25, 0.3) is 0 Å². The fourth-order valence-electron chi connectivity index (χ4n) is 1.33. The SMILES string of the molecule is CCOC1CC(c2cccnc2)=NO1. The lowest BCUT2D eigenvalue weighted by molar-refractivity contribution is -0.120. The summed E-state index contributed by atoms with van der Waals surface area (Å²) < 4.78 is 5.30. The van der Waals surface area contributed by atoms with E-state index < -0.39 is 0 Å². The van der Waals surface area contributed by atoms with Crippen LogP contribution in [0, 0.1) is 0 Å². The van der Waals surface area contributed by atoms with Gasteiger partial charge in [-0.2, -0.15) is 0 Å². The summed E-state index contributed by atoms with van der Waals surface area (Å²) in [6.07, 6.45) is 3.98. The average molecular weight is 192 g/mol. The van der Waals surface area contributed by atoms with Crippen LogP contribution < -0.4 is 0 Å². The second-order valence-corrected chi connectivity index (χ2v) is 2.97. The smallest absolute Gasteiger partial charge is 0.232 e. The molecule has 0 bridgehead atoms. The van der Waals surface area contributed by atoms with Gasteiger partial charge in [-0.1, -0.05) is 5.16 Å². The third kappa shape index (κ3) is 1.90. The zero-order valence-corrected chi connectivity index (χ0v) is 8.01. The Hall–Kier alpha value is -1.42. The number of hydrogen-bond donors (Lipinski definition) is 0. The van der Waals surface area contributed by atoms with E-state index >= 15 is 0 Å². The number of pyridine rings is 1. The van der Waals surface area contributed by atoms with Crippen molar-refractivity contribution in [2.75, 3.05) is 6.61 Å². The molecule has 0 spiro atoms. The van der Waals surface area contributed by atoms with Gasteiger partial charge in [0.2, 0.25) is 6.29 Å². The number of ether oxygens (including phenoxy) is 1. The second kappa shape index (κ2) is 4.19. The molecule has 2 heterocycles. The summed E-state index contributed by atoms with van der Waals surface area (Å²) >= 11 is 0. The van der Waals surface area contributed by atoms with E-state index in [1.54, 1.807) is 12.4 Å². The van der Waals surface area contributed by atoms with E-state index in [0.717, 1.165) is 11.3 Å². The molecule has 0 aromatic carbocycles. The minimum Gasteiger partial charge on any atom is -0.363 e. The van der Waals surface area contributed by atoms with Gasteiger partial charge in [0.15, 0.2) is 0 Å². The van der Waals surface area contributed by atoms with Crippen LogP contribution in [0.15, 0.2) is 29.7 Å². The van der Waals surface area contributed by atoms with Crippen LogP contribution in [-0.4, -0.2) is 23.6 Å². The molecule has 0 amide bonds. The molecule has 4 heteroatoms. The Kier molecular flexibility index (Phi) is 2.74. The molecule has 74 valence electrons. The summed E-state index contributed by atoms with van der Waals surface area (Å²) in [6, 6.07) is 3.84. The highest BCUT2D eigenvalue weighted by atomic mass is 16.8.